The van der Waals surface area contributed by atoms with E-state index in [2.05, 4.69) is 175 Å². The van der Waals surface area contributed by atoms with E-state index in [9.17, 15) is 26.3 Å². The monoisotopic (exact) mass is 1620 g/mol. The van der Waals surface area contributed by atoms with Crippen LogP contribution in [0.4, 0.5) is 26.3 Å². The maximum atomic E-state index is 14.2. The van der Waals surface area contributed by atoms with Gasteiger partial charge in [0, 0.05) is 11.1 Å². The maximum absolute atomic E-state index is 14.2. The van der Waals surface area contributed by atoms with Crippen LogP contribution >= 0.6 is 98.1 Å². The fourth-order valence-electron chi connectivity index (χ4n) is 11.6. The van der Waals surface area contributed by atoms with Gasteiger partial charge >= 0.3 is 301 Å². The summed E-state index contributed by atoms with van der Waals surface area (Å²) in [7, 11) is 0. The fraction of sp³-hybridized carbons (Fsp3) is 0.500. The van der Waals surface area contributed by atoms with E-state index in [0.717, 1.165) is 35.4 Å². The van der Waals surface area contributed by atoms with E-state index in [1.807, 2.05) is 14.2 Å². The summed E-state index contributed by atoms with van der Waals surface area (Å²) in [6.45, 7) is 24.1. The Morgan fingerprint density at radius 2 is 0.908 bits per heavy atom. The Morgan fingerprint density at radius 3 is 1.30 bits per heavy atom. The van der Waals surface area contributed by atoms with Crippen molar-refractivity contribution in [2.24, 2.45) is 23.7 Å². The van der Waals surface area contributed by atoms with Crippen LogP contribution in [0.5, 0.6) is 5.75 Å². The number of nitrogens with zero attached hydrogens (tertiary/aromatic N) is 4. The Balaban J connectivity index is 0.000000219. The summed E-state index contributed by atoms with van der Waals surface area (Å²) in [6, 6.07) is 16.2. The molecule has 87 heavy (non-hydrogen) atoms. The molecular weight excluding hydrogens is 1540 g/mol. The Kier molecular flexibility index (Phi) is 27.6. The quantitative estimate of drug-likeness (QED) is 0.0234. The van der Waals surface area contributed by atoms with Crippen LogP contribution in [0.1, 0.15) is 175 Å². The van der Waals surface area contributed by atoms with Gasteiger partial charge in [0.25, 0.3) is 0 Å². The number of hydrogen-bond donors (Lipinski definition) is 0. The molecule has 8 aromatic rings. The second-order valence-electron chi connectivity index (χ2n) is 24.6. The topological polar surface area (TPSA) is 60.8 Å². The average Bonchev–Trinajstić information content (AvgIpc) is 1.70. The van der Waals surface area contributed by atoms with Gasteiger partial charge < -0.3 is 0 Å². The summed E-state index contributed by atoms with van der Waals surface area (Å²) in [6.07, 6.45) is 21.4. The molecule has 5 heterocycles. The van der Waals surface area contributed by atoms with Crippen molar-refractivity contribution in [2.75, 3.05) is 0 Å². The average molecular weight is 1620 g/mol. The number of aryl methyl sites for hydroxylation is 1. The summed E-state index contributed by atoms with van der Waals surface area (Å²) in [5, 5.41) is 0. The van der Waals surface area contributed by atoms with Gasteiger partial charge in [-0.25, -0.2) is 36.3 Å². The molecule has 9 rings (SSSR count). The molecule has 2 unspecified atom stereocenters. The van der Waals surface area contributed by atoms with Crippen molar-refractivity contribution >= 4 is 141 Å². The van der Waals surface area contributed by atoms with Crippen LogP contribution in [0, 0.1) is 65.5 Å². The van der Waals surface area contributed by atoms with Gasteiger partial charge in [-0.05, 0) is 112 Å². The Hall–Kier alpha value is -2.46. The van der Waals surface area contributed by atoms with E-state index in [-0.39, 0.29) is 34.5 Å². The van der Waals surface area contributed by atoms with E-state index >= 15 is 0 Å². The number of ether oxygens (including phenoxy) is 1. The van der Waals surface area contributed by atoms with Crippen molar-refractivity contribution in [1.82, 2.24) is 18.7 Å². The van der Waals surface area contributed by atoms with E-state index in [0.29, 0.717) is 33.5 Å². The molecule has 4 aromatic heterocycles. The van der Waals surface area contributed by atoms with Gasteiger partial charge in [-0.3, -0.25) is 0 Å². The minimum Gasteiger partial charge on any atom is -0.242 e. The Bertz CT molecular complexity index is 3360. The van der Waals surface area contributed by atoms with Crippen LogP contribution in [-0.4, -0.2) is 37.1 Å². The van der Waals surface area contributed by atoms with Gasteiger partial charge in [0.1, 0.15) is 33.7 Å². The fourth-order valence-corrected chi connectivity index (χ4v) is 35.6. The zero-order valence-electron chi connectivity index (χ0n) is 51.7. The third-order valence-electron chi connectivity index (χ3n) is 16.8. The second-order valence-corrected chi connectivity index (χ2v) is 44.8. The number of thiophene rings is 2. The second kappa shape index (κ2) is 33.4. The van der Waals surface area contributed by atoms with E-state index in [1.165, 1.54) is 167 Å². The zero-order valence-corrected chi connectivity index (χ0v) is 63.4. The zero-order chi connectivity index (χ0) is 63.3. The summed E-state index contributed by atoms with van der Waals surface area (Å²) in [5.41, 5.74) is 3.97. The molecule has 472 valence electrons. The predicted octanol–water partition coefficient (Wildman–Crippen LogP) is 25.5. The van der Waals surface area contributed by atoms with Crippen LogP contribution in [-0.2, 0) is 5.60 Å². The van der Waals surface area contributed by atoms with Gasteiger partial charge in [-0.15, -0.1) is 0 Å². The minimum atomic E-state index is -2.59. The molecule has 0 fully saturated rings. The number of fused-ring (bicyclic) bond motifs is 5. The molecule has 0 amide bonds. The third kappa shape index (κ3) is 18.0. The van der Waals surface area contributed by atoms with Crippen LogP contribution in [0.3, 0.4) is 0 Å². The van der Waals surface area contributed by atoms with E-state index in [4.69, 9.17) is 4.74 Å². The molecule has 4 aromatic carbocycles. The van der Waals surface area contributed by atoms with Gasteiger partial charge in [0.05, 0.1) is 41.0 Å². The van der Waals surface area contributed by atoms with Crippen molar-refractivity contribution in [2.45, 2.75) is 191 Å². The minimum absolute atomic E-state index is 0.0111. The van der Waals surface area contributed by atoms with Gasteiger partial charge in [-0.1, -0.05) is 0 Å². The molecule has 0 aliphatic carbocycles. The SMILES string of the molecule is CCC[CH2][Sn]([CH2]CCC)([CH2]CCC)[c]1cc2c(s1)-c1sc(C)cc1OC2(CCC(C)CCCC(C)C)CCC(C)CCCC(C)C.Fc1c(F)c(Br)c2nsnc2c1Br.Fc1ccc(-c2nc3c(Br)c(F)c(F)c(Br)c3nc2-c2ccc(F)cc2)cc1. The summed E-state index contributed by atoms with van der Waals surface area (Å²) < 4.78 is 103. The van der Waals surface area contributed by atoms with Crippen molar-refractivity contribution in [3.05, 3.63) is 124 Å². The summed E-state index contributed by atoms with van der Waals surface area (Å²) in [4.78, 5) is 13.4. The molecule has 0 radical (unpaired) electrons. The van der Waals surface area contributed by atoms with E-state index in [1.54, 1.807) is 23.8 Å². The first kappa shape index (κ1) is 72.0. The summed E-state index contributed by atoms with van der Waals surface area (Å²) >= 11 is 14.5. The van der Waals surface area contributed by atoms with Crippen LogP contribution in [0.15, 0.2) is 78.6 Å². The number of benzene rings is 4. The van der Waals surface area contributed by atoms with Crippen molar-refractivity contribution in [3.63, 3.8) is 0 Å². The van der Waals surface area contributed by atoms with Crippen molar-refractivity contribution in [1.29, 1.82) is 0 Å². The first-order valence-corrected chi connectivity index (χ1v) is 43.9. The number of halogens is 10. The third-order valence-corrected chi connectivity index (χ3v) is 40.7. The molecule has 0 N–H and O–H groups in total. The van der Waals surface area contributed by atoms with Crippen LogP contribution < -0.4 is 7.63 Å². The van der Waals surface area contributed by atoms with Crippen LogP contribution in [0.2, 0.25) is 13.3 Å². The van der Waals surface area contributed by atoms with Gasteiger partial charge in [-0.2, -0.15) is 8.75 Å². The molecule has 2 atom stereocenters. The Morgan fingerprint density at radius 1 is 0.506 bits per heavy atom. The van der Waals surface area contributed by atoms with Gasteiger partial charge in [0.2, 0.25) is 0 Å². The molecule has 1 aliphatic rings. The normalized spacial score (nSPS) is 14.6. The van der Waals surface area contributed by atoms with E-state index < -0.39 is 53.3 Å². The molecule has 0 saturated carbocycles. The number of hydrogen-bond acceptors (Lipinski definition) is 8. The molecular formula is C68H82Br4F6N4OS3Sn. The Labute approximate surface area is 562 Å². The van der Waals surface area contributed by atoms with Gasteiger partial charge in [0.15, 0.2) is 23.3 Å². The smallest absolute Gasteiger partial charge is 0.242 e. The number of unbranched alkanes of at least 4 members (excludes halogenated alkanes) is 3. The predicted molar refractivity (Wildman–Crippen MR) is 372 cm³/mol. The summed E-state index contributed by atoms with van der Waals surface area (Å²) in [5.74, 6) is -0.636. The van der Waals surface area contributed by atoms with Crippen molar-refractivity contribution < 1.29 is 31.1 Å². The number of aromatic nitrogens is 4. The standard InChI is InChI=1S/C30H47OS2.C20H8Br2F4N2.C6Br2F2N2S.3C4H9.Sn/c1-21(2)10-8-12-23(5)14-17-30(18-15-24(6)13-9-11-22(3)4)26-16-19-32-28(26)29-27(31-30)20-25(7)33-29;21-13-15(25)16(26)14(22)20-19(13)27-17(9-1-5-11(23)6-2-9)18(28-20)10-3-7-12(24)8-4-10;7-1-3(9)4(10)2(8)6-5(1)11-13-12-6;3*1-3-4-2;/h16,20-24H,8-15,17-18H2,1-7H3;1-8H;;3*1,3-4H2,2H3;. The first-order valence-electron chi connectivity index (χ1n) is 30.9. The molecule has 0 spiro atoms. The molecule has 5 nitrogen and oxygen atoms in total. The number of rotatable bonds is 26. The van der Waals surface area contributed by atoms with Crippen molar-refractivity contribution in [3.8, 4) is 38.0 Å². The molecule has 1 aliphatic heterocycles. The van der Waals surface area contributed by atoms with Crippen LogP contribution in [0.25, 0.3) is 54.3 Å². The molecule has 0 bridgehead atoms. The molecule has 19 heteroatoms. The first-order chi connectivity index (χ1) is 41.5. The molecule has 0 saturated heterocycles.